The van der Waals surface area contributed by atoms with Crippen molar-refractivity contribution >= 4 is 15.9 Å². The molecule has 0 spiro atoms. The highest BCUT2D eigenvalue weighted by Gasteiger charge is 2.08. The number of rotatable bonds is 2. The second-order valence-electron chi connectivity index (χ2n) is 3.76. The normalized spacial score (nSPS) is 10.9. The molecule has 2 rings (SSSR count). The second kappa shape index (κ2) is 4.19. The highest BCUT2D eigenvalue weighted by Crippen LogP contribution is 2.30. The van der Waals surface area contributed by atoms with Crippen molar-refractivity contribution < 1.29 is 4.42 Å². The number of nitrogens with zero attached hydrogens (tertiary/aromatic N) is 1. The van der Waals surface area contributed by atoms with E-state index in [-0.39, 0.29) is 0 Å². The van der Waals surface area contributed by atoms with E-state index >= 15 is 0 Å². The summed E-state index contributed by atoms with van der Waals surface area (Å²) in [5, 5.41) is 0. The van der Waals surface area contributed by atoms with E-state index in [0.717, 1.165) is 15.8 Å². The van der Waals surface area contributed by atoms with E-state index in [1.807, 2.05) is 6.07 Å². The van der Waals surface area contributed by atoms with Gasteiger partial charge in [0.2, 0.25) is 0 Å². The number of benzene rings is 1. The van der Waals surface area contributed by atoms with Gasteiger partial charge in [-0.1, -0.05) is 35.8 Å². The standard InChI is InChI=1S/C12H12BrNO/c1-8(2)9-3-4-11(13)10(5-9)12-6-14-7-15-12/h3-8H,1-2H3. The van der Waals surface area contributed by atoms with Crippen molar-refractivity contribution in [1.29, 1.82) is 0 Å². The lowest BCUT2D eigenvalue weighted by atomic mass is 10.0. The highest BCUT2D eigenvalue weighted by molar-refractivity contribution is 9.10. The average Bonchev–Trinajstić information content (AvgIpc) is 2.71. The fourth-order valence-corrected chi connectivity index (χ4v) is 1.88. The zero-order chi connectivity index (χ0) is 10.8. The van der Waals surface area contributed by atoms with Gasteiger partial charge in [-0.15, -0.1) is 0 Å². The summed E-state index contributed by atoms with van der Waals surface area (Å²) in [6, 6.07) is 6.30. The number of hydrogen-bond donors (Lipinski definition) is 0. The summed E-state index contributed by atoms with van der Waals surface area (Å²) in [5.41, 5.74) is 2.35. The summed E-state index contributed by atoms with van der Waals surface area (Å²) >= 11 is 3.51. The third-order valence-electron chi connectivity index (χ3n) is 2.35. The monoisotopic (exact) mass is 265 g/mol. The van der Waals surface area contributed by atoms with Gasteiger partial charge in [0.1, 0.15) is 0 Å². The van der Waals surface area contributed by atoms with Gasteiger partial charge < -0.3 is 4.42 Å². The van der Waals surface area contributed by atoms with Gasteiger partial charge in [-0.25, -0.2) is 4.98 Å². The third kappa shape index (κ3) is 2.12. The van der Waals surface area contributed by atoms with Gasteiger partial charge in [0.25, 0.3) is 0 Å². The summed E-state index contributed by atoms with van der Waals surface area (Å²) in [7, 11) is 0. The average molecular weight is 266 g/mol. The van der Waals surface area contributed by atoms with E-state index in [2.05, 4.69) is 46.9 Å². The van der Waals surface area contributed by atoms with Crippen LogP contribution in [0, 0.1) is 0 Å². The van der Waals surface area contributed by atoms with Crippen molar-refractivity contribution in [2.45, 2.75) is 19.8 Å². The molecule has 1 heterocycles. The second-order valence-corrected chi connectivity index (χ2v) is 4.61. The molecule has 1 aromatic carbocycles. The van der Waals surface area contributed by atoms with E-state index in [1.165, 1.54) is 12.0 Å². The highest BCUT2D eigenvalue weighted by atomic mass is 79.9. The Kier molecular flexibility index (Phi) is 2.91. The van der Waals surface area contributed by atoms with Crippen LogP contribution in [-0.2, 0) is 0 Å². The number of oxazole rings is 1. The maximum absolute atomic E-state index is 5.29. The zero-order valence-electron chi connectivity index (χ0n) is 8.70. The van der Waals surface area contributed by atoms with Crippen molar-refractivity contribution in [3.05, 3.63) is 40.8 Å². The molecular weight excluding hydrogens is 254 g/mol. The molecular formula is C12H12BrNO. The lowest BCUT2D eigenvalue weighted by Crippen LogP contribution is -1.88. The first-order valence-corrected chi connectivity index (χ1v) is 5.66. The lowest BCUT2D eigenvalue weighted by Gasteiger charge is -2.08. The van der Waals surface area contributed by atoms with Crippen molar-refractivity contribution in [1.82, 2.24) is 4.98 Å². The number of aromatic nitrogens is 1. The molecule has 0 aliphatic heterocycles. The summed E-state index contributed by atoms with van der Waals surface area (Å²) in [6.07, 6.45) is 3.17. The predicted molar refractivity (Wildman–Crippen MR) is 63.7 cm³/mol. The van der Waals surface area contributed by atoms with Gasteiger partial charge in [0, 0.05) is 10.0 Å². The zero-order valence-corrected chi connectivity index (χ0v) is 10.3. The molecule has 0 atom stereocenters. The van der Waals surface area contributed by atoms with Crippen molar-refractivity contribution in [3.8, 4) is 11.3 Å². The van der Waals surface area contributed by atoms with Crippen LogP contribution in [0.1, 0.15) is 25.3 Å². The van der Waals surface area contributed by atoms with E-state index in [0.29, 0.717) is 5.92 Å². The summed E-state index contributed by atoms with van der Waals surface area (Å²) in [6.45, 7) is 4.35. The molecule has 15 heavy (non-hydrogen) atoms. The van der Waals surface area contributed by atoms with E-state index in [1.54, 1.807) is 6.20 Å². The van der Waals surface area contributed by atoms with Crippen LogP contribution in [0.4, 0.5) is 0 Å². The third-order valence-corrected chi connectivity index (χ3v) is 3.05. The van der Waals surface area contributed by atoms with Gasteiger partial charge in [0.15, 0.2) is 12.2 Å². The molecule has 0 unspecified atom stereocenters. The van der Waals surface area contributed by atoms with Crippen LogP contribution in [-0.4, -0.2) is 4.98 Å². The Morgan fingerprint density at radius 1 is 1.33 bits per heavy atom. The first-order valence-electron chi connectivity index (χ1n) is 4.87. The van der Waals surface area contributed by atoms with E-state index in [9.17, 15) is 0 Å². The topological polar surface area (TPSA) is 26.0 Å². The Morgan fingerprint density at radius 2 is 2.13 bits per heavy atom. The Labute approximate surface area is 97.5 Å². The summed E-state index contributed by atoms with van der Waals surface area (Å²) in [5.74, 6) is 1.31. The van der Waals surface area contributed by atoms with Crippen molar-refractivity contribution in [3.63, 3.8) is 0 Å². The van der Waals surface area contributed by atoms with Crippen LogP contribution in [0.5, 0.6) is 0 Å². The van der Waals surface area contributed by atoms with Gasteiger partial charge in [-0.3, -0.25) is 0 Å². The molecule has 0 saturated carbocycles. The molecule has 78 valence electrons. The van der Waals surface area contributed by atoms with Crippen LogP contribution in [0.3, 0.4) is 0 Å². The fraction of sp³-hybridized carbons (Fsp3) is 0.250. The molecule has 2 nitrogen and oxygen atoms in total. The minimum atomic E-state index is 0.514. The summed E-state index contributed by atoms with van der Waals surface area (Å²) in [4.78, 5) is 3.93. The molecule has 0 bridgehead atoms. The van der Waals surface area contributed by atoms with Crippen molar-refractivity contribution in [2.24, 2.45) is 0 Å². The molecule has 0 fully saturated rings. The van der Waals surface area contributed by atoms with Crippen LogP contribution >= 0.6 is 15.9 Å². The lowest BCUT2D eigenvalue weighted by molar-refractivity contribution is 0.571. The molecule has 0 amide bonds. The molecule has 0 aliphatic carbocycles. The minimum Gasteiger partial charge on any atom is -0.443 e. The van der Waals surface area contributed by atoms with Crippen LogP contribution < -0.4 is 0 Å². The Balaban J connectivity index is 2.51. The van der Waals surface area contributed by atoms with Crippen LogP contribution in [0.2, 0.25) is 0 Å². The molecule has 0 saturated heterocycles. The maximum atomic E-state index is 5.29. The Hall–Kier alpha value is -1.09. The molecule has 1 aromatic heterocycles. The molecule has 2 aromatic rings. The van der Waals surface area contributed by atoms with Crippen LogP contribution in [0.25, 0.3) is 11.3 Å². The SMILES string of the molecule is CC(C)c1ccc(Br)c(-c2cnco2)c1. The fourth-order valence-electron chi connectivity index (χ4n) is 1.44. The number of hydrogen-bond acceptors (Lipinski definition) is 2. The Morgan fingerprint density at radius 3 is 2.73 bits per heavy atom. The quantitative estimate of drug-likeness (QED) is 0.813. The molecule has 3 heteroatoms. The Bertz CT molecular complexity index is 449. The first-order chi connectivity index (χ1) is 7.18. The molecule has 0 aliphatic rings. The number of halogens is 1. The largest absolute Gasteiger partial charge is 0.443 e. The van der Waals surface area contributed by atoms with Gasteiger partial charge in [-0.2, -0.15) is 0 Å². The maximum Gasteiger partial charge on any atom is 0.181 e. The van der Waals surface area contributed by atoms with Gasteiger partial charge in [0.05, 0.1) is 6.20 Å². The van der Waals surface area contributed by atoms with Crippen LogP contribution in [0.15, 0.2) is 39.7 Å². The van der Waals surface area contributed by atoms with Gasteiger partial charge in [-0.05, 0) is 23.6 Å². The molecule has 0 N–H and O–H groups in total. The summed E-state index contributed by atoms with van der Waals surface area (Å²) < 4.78 is 6.33. The van der Waals surface area contributed by atoms with Gasteiger partial charge >= 0.3 is 0 Å². The smallest absolute Gasteiger partial charge is 0.181 e. The first kappa shape index (κ1) is 10.4. The van der Waals surface area contributed by atoms with E-state index < -0.39 is 0 Å². The predicted octanol–water partition coefficient (Wildman–Crippen LogP) is 4.23. The van der Waals surface area contributed by atoms with Crippen molar-refractivity contribution in [2.75, 3.05) is 0 Å². The molecule has 0 radical (unpaired) electrons. The minimum absolute atomic E-state index is 0.514. The van der Waals surface area contributed by atoms with E-state index in [4.69, 9.17) is 4.42 Å².